The number of carbonyl (C=O) groups excluding carboxylic acids is 1. The molecule has 0 aliphatic carbocycles. The summed E-state index contributed by atoms with van der Waals surface area (Å²) in [6.07, 6.45) is 10.1. The average molecular weight is 500 g/mol. The number of methoxy groups -OCH3 is 1. The van der Waals surface area contributed by atoms with Crippen molar-refractivity contribution in [3.63, 3.8) is 0 Å². The largest absolute Gasteiger partial charge is 0.492 e. The first-order chi connectivity index (χ1) is 16.4. The van der Waals surface area contributed by atoms with Crippen molar-refractivity contribution in [2.45, 2.75) is 64.3 Å². The molecule has 0 aromatic heterocycles. The Labute approximate surface area is 212 Å². The summed E-state index contributed by atoms with van der Waals surface area (Å²) in [5, 5.41) is 3.44. The lowest BCUT2D eigenvalue weighted by molar-refractivity contribution is -0.120. The van der Waals surface area contributed by atoms with Gasteiger partial charge >= 0.3 is 0 Å². The number of amides is 1. The van der Waals surface area contributed by atoms with E-state index < -0.39 is 4.75 Å². The maximum absolute atomic E-state index is 12.5. The van der Waals surface area contributed by atoms with E-state index >= 15 is 0 Å². The summed E-state index contributed by atoms with van der Waals surface area (Å²) in [5.41, 5.74) is 5.91. The average Bonchev–Trinajstić information content (AvgIpc) is 2.87. The molecule has 3 N–H and O–H groups in total. The van der Waals surface area contributed by atoms with Gasteiger partial charge in [-0.1, -0.05) is 46.1 Å². The highest BCUT2D eigenvalue weighted by molar-refractivity contribution is 7.99. The molecule has 2 heterocycles. The van der Waals surface area contributed by atoms with Gasteiger partial charge in [-0.05, 0) is 45.0 Å². The number of nitrogens with zero attached hydrogens (tertiary/aromatic N) is 3. The van der Waals surface area contributed by atoms with Crippen LogP contribution in [0.2, 0.25) is 0 Å². The molecule has 2 aliphatic rings. The zero-order valence-electron chi connectivity index (χ0n) is 22.3. The quantitative estimate of drug-likeness (QED) is 0.263. The summed E-state index contributed by atoms with van der Waals surface area (Å²) in [4.78, 5) is 17.1. The van der Waals surface area contributed by atoms with Crippen molar-refractivity contribution in [2.75, 3.05) is 66.6 Å². The minimum atomic E-state index is -0.569. The first-order valence-electron chi connectivity index (χ1n) is 12.9. The Kier molecular flexibility index (Phi) is 15.6. The number of likely N-dealkylation sites (N-methyl/N-ethyl adjacent to an activating group) is 1. The number of unbranched alkanes of at least 4 members (excludes halogenated alkanes) is 1. The molecule has 0 spiro atoms. The summed E-state index contributed by atoms with van der Waals surface area (Å²) in [5.74, 6) is 0.679. The van der Waals surface area contributed by atoms with Crippen LogP contribution in [0, 0.1) is 0 Å². The minimum Gasteiger partial charge on any atom is -0.492 e. The Hall–Kier alpha value is -1.26. The van der Waals surface area contributed by atoms with Crippen molar-refractivity contribution in [1.29, 1.82) is 0 Å². The molecule has 2 aliphatic heterocycles. The summed E-state index contributed by atoms with van der Waals surface area (Å²) in [6.45, 7) is 15.0. The molecular formula is C25H49N5O3S. The molecule has 2 rings (SSSR count). The number of nitrogens with two attached hydrogens (primary N) is 1. The molecule has 0 radical (unpaired) electrons. The number of rotatable bonds is 15. The fourth-order valence-corrected chi connectivity index (χ4v) is 5.03. The molecule has 0 bridgehead atoms. The highest BCUT2D eigenvalue weighted by Gasteiger charge is 2.39. The number of dihydropyridines is 1. The van der Waals surface area contributed by atoms with E-state index in [4.69, 9.17) is 15.2 Å². The molecule has 0 aromatic carbocycles. The molecule has 198 valence electrons. The van der Waals surface area contributed by atoms with Crippen molar-refractivity contribution < 1.29 is 14.3 Å². The van der Waals surface area contributed by atoms with E-state index in [9.17, 15) is 4.79 Å². The third-order valence-electron chi connectivity index (χ3n) is 6.17. The van der Waals surface area contributed by atoms with Crippen LogP contribution in [0.25, 0.3) is 0 Å². The SMILES string of the molecule is CC.CCCCOC1=CNC(N2CCN(SC(CC)(CCN(C)CCOC)C(N)=O)CC2)C=C1. The highest BCUT2D eigenvalue weighted by Crippen LogP contribution is 2.36. The van der Waals surface area contributed by atoms with Crippen LogP contribution in [-0.4, -0.2) is 97.6 Å². The lowest BCUT2D eigenvalue weighted by atomic mass is 10.0. The highest BCUT2D eigenvalue weighted by atomic mass is 32.2. The van der Waals surface area contributed by atoms with Gasteiger partial charge in [0.25, 0.3) is 0 Å². The van der Waals surface area contributed by atoms with E-state index in [0.29, 0.717) is 6.61 Å². The van der Waals surface area contributed by atoms with Gasteiger partial charge in [0, 0.05) is 46.0 Å². The number of hydrogen-bond acceptors (Lipinski definition) is 8. The topological polar surface area (TPSA) is 83.3 Å². The monoisotopic (exact) mass is 499 g/mol. The van der Waals surface area contributed by atoms with Gasteiger partial charge in [-0.15, -0.1) is 0 Å². The molecule has 2 unspecified atom stereocenters. The summed E-state index contributed by atoms with van der Waals surface area (Å²) < 4.78 is 12.7. The molecule has 1 fully saturated rings. The molecule has 1 saturated heterocycles. The van der Waals surface area contributed by atoms with Crippen LogP contribution in [0.5, 0.6) is 0 Å². The number of nitrogens with one attached hydrogen (secondary N) is 1. The Morgan fingerprint density at radius 1 is 1.24 bits per heavy atom. The van der Waals surface area contributed by atoms with E-state index in [-0.39, 0.29) is 12.1 Å². The number of carbonyl (C=O) groups is 1. The zero-order chi connectivity index (χ0) is 25.4. The van der Waals surface area contributed by atoms with Crippen LogP contribution < -0.4 is 11.1 Å². The summed E-state index contributed by atoms with van der Waals surface area (Å²) in [7, 11) is 3.77. The van der Waals surface area contributed by atoms with E-state index in [1.165, 1.54) is 0 Å². The van der Waals surface area contributed by atoms with Gasteiger partial charge in [0.2, 0.25) is 5.91 Å². The molecule has 2 atom stereocenters. The Bertz CT molecular complexity index is 626. The van der Waals surface area contributed by atoms with Gasteiger partial charge in [-0.25, -0.2) is 4.31 Å². The van der Waals surface area contributed by atoms with Crippen LogP contribution in [0.1, 0.15) is 53.4 Å². The second-order valence-corrected chi connectivity index (χ2v) is 10.0. The van der Waals surface area contributed by atoms with Crippen LogP contribution in [0.3, 0.4) is 0 Å². The van der Waals surface area contributed by atoms with Crippen LogP contribution in [0.15, 0.2) is 24.1 Å². The molecule has 0 saturated carbocycles. The minimum absolute atomic E-state index is 0.183. The lowest BCUT2D eigenvalue weighted by Gasteiger charge is -2.41. The first kappa shape index (κ1) is 30.8. The molecule has 9 heteroatoms. The molecule has 8 nitrogen and oxygen atoms in total. The first-order valence-corrected chi connectivity index (χ1v) is 13.6. The fraction of sp³-hybridized carbons (Fsp3) is 0.800. The van der Waals surface area contributed by atoms with Crippen molar-refractivity contribution >= 4 is 17.9 Å². The second-order valence-electron chi connectivity index (χ2n) is 8.53. The predicted octanol–water partition coefficient (Wildman–Crippen LogP) is 3.02. The predicted molar refractivity (Wildman–Crippen MR) is 143 cm³/mol. The zero-order valence-corrected chi connectivity index (χ0v) is 23.2. The second kappa shape index (κ2) is 17.2. The maximum Gasteiger partial charge on any atom is 0.235 e. The Morgan fingerprint density at radius 2 is 1.94 bits per heavy atom. The number of piperazine rings is 1. The smallest absolute Gasteiger partial charge is 0.235 e. The van der Waals surface area contributed by atoms with Gasteiger partial charge in [0.1, 0.15) is 10.5 Å². The normalized spacial score (nSPS) is 20.7. The van der Waals surface area contributed by atoms with Crippen molar-refractivity contribution in [1.82, 2.24) is 19.4 Å². The summed E-state index contributed by atoms with van der Waals surface area (Å²) >= 11 is 1.65. The Balaban J connectivity index is 0.00000281. The van der Waals surface area contributed by atoms with E-state index in [1.54, 1.807) is 19.1 Å². The maximum atomic E-state index is 12.5. The van der Waals surface area contributed by atoms with Crippen LogP contribution in [-0.2, 0) is 14.3 Å². The Morgan fingerprint density at radius 3 is 2.47 bits per heavy atom. The van der Waals surface area contributed by atoms with Crippen molar-refractivity contribution in [2.24, 2.45) is 5.73 Å². The molecule has 1 amide bonds. The third kappa shape index (κ3) is 10.2. The van der Waals surface area contributed by atoms with Gasteiger partial charge < -0.3 is 25.4 Å². The van der Waals surface area contributed by atoms with Crippen molar-refractivity contribution in [3.8, 4) is 0 Å². The van der Waals surface area contributed by atoms with E-state index in [1.807, 2.05) is 20.0 Å². The van der Waals surface area contributed by atoms with E-state index in [2.05, 4.69) is 52.5 Å². The van der Waals surface area contributed by atoms with Gasteiger partial charge in [0.15, 0.2) is 0 Å². The molecule has 0 aromatic rings. The number of allylic oxidation sites excluding steroid dienone is 1. The molecule has 34 heavy (non-hydrogen) atoms. The third-order valence-corrected chi connectivity index (χ3v) is 7.84. The van der Waals surface area contributed by atoms with Crippen LogP contribution >= 0.6 is 11.9 Å². The standard InChI is InChI=1S/C23H43N5O3S.C2H6/c1-5-7-17-31-20-8-9-21(25-19-20)27-12-14-28(15-13-27)32-23(6-2,22(24)29)10-11-26(3)16-18-30-4;1-2/h8-9,19,21,25H,5-7,10-18H2,1-4H3,(H2,24,29);1-2H3. The van der Waals surface area contributed by atoms with Gasteiger partial charge in [-0.3, -0.25) is 9.69 Å². The number of hydrogen-bond donors (Lipinski definition) is 2. The van der Waals surface area contributed by atoms with Crippen molar-refractivity contribution in [3.05, 3.63) is 24.1 Å². The lowest BCUT2D eigenvalue weighted by Crippen LogP contribution is -2.54. The number of primary amides is 1. The summed E-state index contributed by atoms with van der Waals surface area (Å²) in [6, 6.07) is 0. The van der Waals surface area contributed by atoms with Gasteiger partial charge in [-0.2, -0.15) is 0 Å². The van der Waals surface area contributed by atoms with Crippen LogP contribution in [0.4, 0.5) is 0 Å². The fourth-order valence-electron chi connectivity index (χ4n) is 3.79. The molecular weight excluding hydrogens is 450 g/mol. The van der Waals surface area contributed by atoms with Gasteiger partial charge in [0.05, 0.1) is 19.4 Å². The number of ether oxygens (including phenoxy) is 2. The van der Waals surface area contributed by atoms with E-state index in [0.717, 1.165) is 77.3 Å².